The average molecular weight is 214 g/mol. The molecule has 84 valence electrons. The third-order valence-corrected chi connectivity index (χ3v) is 2.89. The molecule has 0 aliphatic heterocycles. The highest BCUT2D eigenvalue weighted by atomic mass is 19.3. The first-order valence-electron chi connectivity index (χ1n) is 5.32. The van der Waals surface area contributed by atoms with Crippen molar-refractivity contribution in [2.45, 2.75) is 31.9 Å². The molecule has 1 aromatic rings. The normalized spacial score (nSPS) is 18.4. The second-order valence-corrected chi connectivity index (χ2v) is 4.14. The minimum absolute atomic E-state index is 0.207. The van der Waals surface area contributed by atoms with Gasteiger partial charge in [0.2, 0.25) is 0 Å². The van der Waals surface area contributed by atoms with Gasteiger partial charge in [0.15, 0.2) is 0 Å². The summed E-state index contributed by atoms with van der Waals surface area (Å²) in [5.74, 6) is 0.692. The Hall–Kier alpha value is -0.900. The van der Waals surface area contributed by atoms with E-state index in [4.69, 9.17) is 0 Å². The standard InChI is InChI=1S/C11H16F2N2/c1-14-11(8-2-3-8)9-4-5-15(6-9)7-10(12)13/h4-6,8,10-11,14H,2-3,7H2,1H3. The molecular formula is C11H16F2N2. The number of nitrogens with zero attached hydrogens (tertiary/aromatic N) is 1. The number of rotatable bonds is 5. The van der Waals surface area contributed by atoms with E-state index in [2.05, 4.69) is 5.32 Å². The summed E-state index contributed by atoms with van der Waals surface area (Å²) in [4.78, 5) is 0. The van der Waals surface area contributed by atoms with Gasteiger partial charge in [-0.05, 0) is 37.4 Å². The molecule has 0 saturated heterocycles. The van der Waals surface area contributed by atoms with Gasteiger partial charge in [0, 0.05) is 18.4 Å². The van der Waals surface area contributed by atoms with E-state index >= 15 is 0 Å². The van der Waals surface area contributed by atoms with Crippen molar-refractivity contribution in [3.8, 4) is 0 Å². The Kier molecular flexibility index (Phi) is 3.05. The van der Waals surface area contributed by atoms with E-state index in [9.17, 15) is 8.78 Å². The molecule has 0 bridgehead atoms. The number of hydrogen-bond acceptors (Lipinski definition) is 1. The fraction of sp³-hybridized carbons (Fsp3) is 0.636. The predicted octanol–water partition coefficient (Wildman–Crippen LogP) is 2.42. The summed E-state index contributed by atoms with van der Waals surface area (Å²) in [5, 5.41) is 3.25. The van der Waals surface area contributed by atoms with Gasteiger partial charge in [0.25, 0.3) is 6.43 Å². The van der Waals surface area contributed by atoms with Crippen molar-refractivity contribution in [2.75, 3.05) is 7.05 Å². The molecule has 0 aromatic carbocycles. The molecule has 2 rings (SSSR count). The Morgan fingerprint density at radius 1 is 1.53 bits per heavy atom. The Morgan fingerprint density at radius 2 is 2.27 bits per heavy atom. The SMILES string of the molecule is CNC(c1ccn(CC(F)F)c1)C1CC1. The van der Waals surface area contributed by atoms with Crippen molar-refractivity contribution in [3.63, 3.8) is 0 Å². The van der Waals surface area contributed by atoms with Gasteiger partial charge in [-0.2, -0.15) is 0 Å². The lowest BCUT2D eigenvalue weighted by molar-refractivity contribution is 0.126. The van der Waals surface area contributed by atoms with Crippen molar-refractivity contribution >= 4 is 0 Å². The highest BCUT2D eigenvalue weighted by Gasteiger charge is 2.31. The zero-order valence-electron chi connectivity index (χ0n) is 8.79. The van der Waals surface area contributed by atoms with Crippen LogP contribution < -0.4 is 5.32 Å². The van der Waals surface area contributed by atoms with Crippen LogP contribution >= 0.6 is 0 Å². The minimum Gasteiger partial charge on any atom is -0.348 e. The molecule has 1 heterocycles. The van der Waals surface area contributed by atoms with Crippen molar-refractivity contribution in [1.29, 1.82) is 0 Å². The number of alkyl halides is 2. The zero-order valence-corrected chi connectivity index (χ0v) is 8.79. The third-order valence-electron chi connectivity index (χ3n) is 2.89. The van der Waals surface area contributed by atoms with E-state index in [-0.39, 0.29) is 6.54 Å². The molecule has 0 amide bonds. The maximum atomic E-state index is 12.1. The van der Waals surface area contributed by atoms with Crippen LogP contribution in [0.15, 0.2) is 18.5 Å². The zero-order chi connectivity index (χ0) is 10.8. The van der Waals surface area contributed by atoms with Crippen LogP contribution in [-0.4, -0.2) is 18.0 Å². The largest absolute Gasteiger partial charge is 0.348 e. The van der Waals surface area contributed by atoms with E-state index in [0.29, 0.717) is 12.0 Å². The van der Waals surface area contributed by atoms with Gasteiger partial charge in [-0.3, -0.25) is 0 Å². The first-order valence-corrected chi connectivity index (χ1v) is 5.32. The van der Waals surface area contributed by atoms with E-state index < -0.39 is 6.43 Å². The molecule has 0 radical (unpaired) electrons. The molecule has 2 nitrogen and oxygen atoms in total. The van der Waals surface area contributed by atoms with Crippen molar-refractivity contribution in [1.82, 2.24) is 9.88 Å². The van der Waals surface area contributed by atoms with Crippen LogP contribution in [-0.2, 0) is 6.54 Å². The Labute approximate surface area is 88.3 Å². The summed E-state index contributed by atoms with van der Waals surface area (Å²) in [6, 6.07) is 2.27. The second-order valence-electron chi connectivity index (χ2n) is 4.14. The molecule has 1 aliphatic carbocycles. The summed E-state index contributed by atoms with van der Waals surface area (Å²) < 4.78 is 25.9. The maximum Gasteiger partial charge on any atom is 0.256 e. The maximum absolute atomic E-state index is 12.1. The van der Waals surface area contributed by atoms with E-state index in [1.807, 2.05) is 19.3 Å². The lowest BCUT2D eigenvalue weighted by Gasteiger charge is -2.13. The topological polar surface area (TPSA) is 17.0 Å². The first-order chi connectivity index (χ1) is 7.20. The molecule has 0 spiro atoms. The van der Waals surface area contributed by atoms with E-state index in [1.54, 1.807) is 10.8 Å². The summed E-state index contributed by atoms with van der Waals surface area (Å²) in [6.45, 7) is -0.207. The van der Waals surface area contributed by atoms with Gasteiger partial charge in [-0.15, -0.1) is 0 Å². The van der Waals surface area contributed by atoms with Gasteiger partial charge in [-0.25, -0.2) is 8.78 Å². The smallest absolute Gasteiger partial charge is 0.256 e. The van der Waals surface area contributed by atoms with Crippen molar-refractivity contribution in [2.24, 2.45) is 5.92 Å². The lowest BCUT2D eigenvalue weighted by Crippen LogP contribution is -2.17. The summed E-state index contributed by atoms with van der Waals surface area (Å²) in [6.07, 6.45) is 3.76. The van der Waals surface area contributed by atoms with Crippen LogP contribution in [0.2, 0.25) is 0 Å². The fourth-order valence-electron chi connectivity index (χ4n) is 2.02. The van der Waals surface area contributed by atoms with Crippen molar-refractivity contribution < 1.29 is 8.78 Å². The molecule has 15 heavy (non-hydrogen) atoms. The van der Waals surface area contributed by atoms with Crippen LogP contribution in [0.3, 0.4) is 0 Å². The Morgan fingerprint density at radius 3 is 2.80 bits per heavy atom. The van der Waals surface area contributed by atoms with Gasteiger partial charge < -0.3 is 9.88 Å². The third kappa shape index (κ3) is 2.56. The monoisotopic (exact) mass is 214 g/mol. The van der Waals surface area contributed by atoms with Crippen LogP contribution in [0.25, 0.3) is 0 Å². The van der Waals surface area contributed by atoms with Crippen LogP contribution in [0.1, 0.15) is 24.4 Å². The molecule has 1 saturated carbocycles. The summed E-state index contributed by atoms with van der Waals surface area (Å²) in [5.41, 5.74) is 1.13. The van der Waals surface area contributed by atoms with Gasteiger partial charge in [0.05, 0.1) is 6.54 Å². The first kappa shape index (κ1) is 10.6. The number of nitrogens with one attached hydrogen (secondary N) is 1. The molecule has 4 heteroatoms. The molecule has 1 aromatic heterocycles. The number of halogens is 2. The Bertz CT molecular complexity index is 318. The number of hydrogen-bond donors (Lipinski definition) is 1. The molecule has 1 unspecified atom stereocenters. The van der Waals surface area contributed by atoms with E-state index in [1.165, 1.54) is 12.8 Å². The molecule has 1 N–H and O–H groups in total. The minimum atomic E-state index is -2.28. The fourth-order valence-corrected chi connectivity index (χ4v) is 2.02. The molecular weight excluding hydrogens is 198 g/mol. The molecule has 1 aliphatic rings. The lowest BCUT2D eigenvalue weighted by atomic mass is 10.1. The van der Waals surface area contributed by atoms with Crippen LogP contribution in [0.5, 0.6) is 0 Å². The Balaban J connectivity index is 2.04. The van der Waals surface area contributed by atoms with Gasteiger partial charge in [-0.1, -0.05) is 0 Å². The van der Waals surface area contributed by atoms with Gasteiger partial charge >= 0.3 is 0 Å². The van der Waals surface area contributed by atoms with Crippen LogP contribution in [0, 0.1) is 5.92 Å². The molecule has 1 atom stereocenters. The van der Waals surface area contributed by atoms with Crippen LogP contribution in [0.4, 0.5) is 8.78 Å². The second kappa shape index (κ2) is 4.31. The van der Waals surface area contributed by atoms with Crippen molar-refractivity contribution in [3.05, 3.63) is 24.0 Å². The van der Waals surface area contributed by atoms with Gasteiger partial charge in [0.1, 0.15) is 0 Å². The predicted molar refractivity (Wildman–Crippen MR) is 55.0 cm³/mol. The summed E-state index contributed by atoms with van der Waals surface area (Å²) >= 11 is 0. The molecule has 1 fully saturated rings. The highest BCUT2D eigenvalue weighted by molar-refractivity contribution is 5.18. The highest BCUT2D eigenvalue weighted by Crippen LogP contribution is 2.40. The van der Waals surface area contributed by atoms with E-state index in [0.717, 1.165) is 5.56 Å². The average Bonchev–Trinajstić information content (AvgIpc) is 2.89. The quantitative estimate of drug-likeness (QED) is 0.796. The number of aromatic nitrogens is 1. The summed E-state index contributed by atoms with van der Waals surface area (Å²) in [7, 11) is 1.92.